The topological polar surface area (TPSA) is 67.8 Å². The highest BCUT2D eigenvalue weighted by molar-refractivity contribution is 6.32. The Morgan fingerprint density at radius 1 is 1.24 bits per heavy atom. The Morgan fingerprint density at radius 3 is 2.62 bits per heavy atom. The zero-order chi connectivity index (χ0) is 15.4. The Hall–Kier alpha value is -1.98. The number of benzene rings is 2. The van der Waals surface area contributed by atoms with E-state index in [1.165, 1.54) is 24.3 Å². The first-order valence-corrected chi connectivity index (χ1v) is 6.61. The molecule has 21 heavy (non-hydrogen) atoms. The normalized spacial score (nSPS) is 11.5. The highest BCUT2D eigenvalue weighted by atomic mass is 35.5. The molecule has 7 heteroatoms. The zero-order valence-electron chi connectivity index (χ0n) is 10.7. The molecule has 0 amide bonds. The first kappa shape index (κ1) is 15.4. The lowest BCUT2D eigenvalue weighted by Crippen LogP contribution is -2.13. The van der Waals surface area contributed by atoms with Gasteiger partial charge in [-0.25, -0.2) is 4.39 Å². The molecule has 0 spiro atoms. The van der Waals surface area contributed by atoms with Crippen LogP contribution in [0, 0.1) is 5.82 Å². The second kappa shape index (κ2) is 6.65. The summed E-state index contributed by atoms with van der Waals surface area (Å²) in [5.41, 5.74) is 6.54. The molecular formula is C14H11Cl2FN2O2. The Morgan fingerprint density at radius 2 is 2.00 bits per heavy atom. The van der Waals surface area contributed by atoms with Gasteiger partial charge in [0.25, 0.3) is 0 Å². The minimum Gasteiger partial charge on any atom is -0.484 e. The molecular weight excluding hydrogens is 318 g/mol. The Balaban J connectivity index is 2.18. The number of oxime groups is 1. The maximum absolute atomic E-state index is 13.6. The molecule has 0 heterocycles. The molecule has 0 aliphatic heterocycles. The van der Waals surface area contributed by atoms with Gasteiger partial charge in [0.2, 0.25) is 0 Å². The summed E-state index contributed by atoms with van der Waals surface area (Å²) in [5, 5.41) is 12.0. The van der Waals surface area contributed by atoms with Gasteiger partial charge in [0, 0.05) is 16.1 Å². The number of amidine groups is 1. The van der Waals surface area contributed by atoms with Crippen LogP contribution in [0.4, 0.5) is 4.39 Å². The van der Waals surface area contributed by atoms with Crippen molar-refractivity contribution in [3.05, 3.63) is 63.4 Å². The molecule has 0 atom stereocenters. The zero-order valence-corrected chi connectivity index (χ0v) is 12.2. The van der Waals surface area contributed by atoms with Crippen LogP contribution in [-0.4, -0.2) is 11.0 Å². The second-order valence-electron chi connectivity index (χ2n) is 4.13. The molecule has 0 saturated carbocycles. The van der Waals surface area contributed by atoms with Gasteiger partial charge in [0.15, 0.2) is 17.4 Å². The summed E-state index contributed by atoms with van der Waals surface area (Å²) < 4.78 is 18.9. The van der Waals surface area contributed by atoms with Crippen molar-refractivity contribution in [2.75, 3.05) is 0 Å². The SMILES string of the molecule is N/C(=N/O)c1ccc(COc2c(F)cccc2Cl)c(Cl)c1. The molecule has 2 aromatic carbocycles. The molecule has 0 fully saturated rings. The average Bonchev–Trinajstić information content (AvgIpc) is 2.47. The number of rotatable bonds is 4. The van der Waals surface area contributed by atoms with Crippen LogP contribution in [0.1, 0.15) is 11.1 Å². The quantitative estimate of drug-likeness (QED) is 0.388. The molecule has 110 valence electrons. The molecule has 3 N–H and O–H groups in total. The Bertz CT molecular complexity index is 672. The highest BCUT2D eigenvalue weighted by Crippen LogP contribution is 2.29. The van der Waals surface area contributed by atoms with Gasteiger partial charge in [-0.05, 0) is 18.2 Å². The van der Waals surface area contributed by atoms with Gasteiger partial charge in [-0.2, -0.15) is 0 Å². The fourth-order valence-corrected chi connectivity index (χ4v) is 2.10. The molecule has 2 rings (SSSR count). The predicted molar refractivity (Wildman–Crippen MR) is 79.7 cm³/mol. The Labute approximate surface area is 130 Å². The summed E-state index contributed by atoms with van der Waals surface area (Å²) in [5.74, 6) is -0.635. The van der Waals surface area contributed by atoms with E-state index in [0.717, 1.165) is 0 Å². The van der Waals surface area contributed by atoms with Gasteiger partial charge in [0.1, 0.15) is 6.61 Å². The van der Waals surface area contributed by atoms with Crippen molar-refractivity contribution in [1.29, 1.82) is 0 Å². The molecule has 0 unspecified atom stereocenters. The van der Waals surface area contributed by atoms with E-state index in [-0.39, 0.29) is 23.2 Å². The van der Waals surface area contributed by atoms with Crippen molar-refractivity contribution < 1.29 is 14.3 Å². The van der Waals surface area contributed by atoms with E-state index < -0.39 is 5.82 Å². The van der Waals surface area contributed by atoms with Crippen molar-refractivity contribution in [2.24, 2.45) is 10.9 Å². The van der Waals surface area contributed by atoms with Gasteiger partial charge in [-0.15, -0.1) is 0 Å². The van der Waals surface area contributed by atoms with Crippen LogP contribution in [0.25, 0.3) is 0 Å². The maximum Gasteiger partial charge on any atom is 0.174 e. The summed E-state index contributed by atoms with van der Waals surface area (Å²) in [4.78, 5) is 0. The van der Waals surface area contributed by atoms with E-state index in [1.54, 1.807) is 12.1 Å². The first-order valence-electron chi connectivity index (χ1n) is 5.86. The van der Waals surface area contributed by atoms with E-state index in [1.807, 2.05) is 0 Å². The highest BCUT2D eigenvalue weighted by Gasteiger charge is 2.10. The third-order valence-corrected chi connectivity index (χ3v) is 3.40. The van der Waals surface area contributed by atoms with Crippen LogP contribution in [-0.2, 0) is 6.61 Å². The van der Waals surface area contributed by atoms with Crippen molar-refractivity contribution in [1.82, 2.24) is 0 Å². The van der Waals surface area contributed by atoms with Crippen LogP contribution in [0.3, 0.4) is 0 Å². The van der Waals surface area contributed by atoms with Gasteiger partial charge in [-0.3, -0.25) is 0 Å². The molecule has 0 radical (unpaired) electrons. The number of halogens is 3. The standard InChI is InChI=1S/C14H11Cl2FN2O2/c15-10-2-1-3-12(17)13(10)21-7-9-5-4-8(6-11(9)16)14(18)19-20/h1-6,20H,7H2,(H2,18,19). The molecule has 0 aliphatic rings. The summed E-state index contributed by atoms with van der Waals surface area (Å²) in [6.45, 7) is 0.0376. The third-order valence-electron chi connectivity index (χ3n) is 2.75. The summed E-state index contributed by atoms with van der Waals surface area (Å²) in [6.07, 6.45) is 0. The molecule has 2 aromatic rings. The first-order chi connectivity index (χ1) is 10.0. The smallest absolute Gasteiger partial charge is 0.174 e. The van der Waals surface area contributed by atoms with E-state index in [0.29, 0.717) is 16.1 Å². The third kappa shape index (κ3) is 3.56. The number of ether oxygens (including phenoxy) is 1. The van der Waals surface area contributed by atoms with Gasteiger partial charge >= 0.3 is 0 Å². The predicted octanol–water partition coefficient (Wildman–Crippen LogP) is 3.81. The van der Waals surface area contributed by atoms with E-state index >= 15 is 0 Å². The molecule has 4 nitrogen and oxygen atoms in total. The van der Waals surface area contributed by atoms with Gasteiger partial charge in [-0.1, -0.05) is 46.6 Å². The molecule has 0 bridgehead atoms. The lowest BCUT2D eigenvalue weighted by atomic mass is 10.1. The maximum atomic E-state index is 13.6. The van der Waals surface area contributed by atoms with Crippen molar-refractivity contribution in [3.8, 4) is 5.75 Å². The minimum absolute atomic E-state index is 0.0317. The summed E-state index contributed by atoms with van der Waals surface area (Å²) in [7, 11) is 0. The molecule has 0 aliphatic carbocycles. The fraction of sp³-hybridized carbons (Fsp3) is 0.0714. The molecule has 0 saturated heterocycles. The lowest BCUT2D eigenvalue weighted by Gasteiger charge is -2.11. The van der Waals surface area contributed by atoms with E-state index in [2.05, 4.69) is 5.16 Å². The Kier molecular flexibility index (Phi) is 4.88. The molecule has 0 aromatic heterocycles. The second-order valence-corrected chi connectivity index (χ2v) is 4.95. The largest absolute Gasteiger partial charge is 0.484 e. The number of hydrogen-bond acceptors (Lipinski definition) is 3. The van der Waals surface area contributed by atoms with E-state index in [4.69, 9.17) is 38.9 Å². The number of para-hydroxylation sites is 1. The summed E-state index contributed by atoms with van der Waals surface area (Å²) in [6, 6.07) is 9.06. The van der Waals surface area contributed by atoms with Crippen molar-refractivity contribution in [2.45, 2.75) is 6.61 Å². The number of hydrogen-bond donors (Lipinski definition) is 2. The van der Waals surface area contributed by atoms with Crippen molar-refractivity contribution in [3.63, 3.8) is 0 Å². The van der Waals surface area contributed by atoms with Crippen LogP contribution in [0.2, 0.25) is 10.0 Å². The van der Waals surface area contributed by atoms with Crippen LogP contribution >= 0.6 is 23.2 Å². The van der Waals surface area contributed by atoms with Crippen LogP contribution < -0.4 is 10.5 Å². The number of nitrogens with two attached hydrogens (primary N) is 1. The van der Waals surface area contributed by atoms with Gasteiger partial charge in [0.05, 0.1) is 5.02 Å². The van der Waals surface area contributed by atoms with Crippen molar-refractivity contribution >= 4 is 29.0 Å². The minimum atomic E-state index is -0.549. The average molecular weight is 329 g/mol. The van der Waals surface area contributed by atoms with Crippen LogP contribution in [0.5, 0.6) is 5.75 Å². The summed E-state index contributed by atoms with van der Waals surface area (Å²) >= 11 is 11.9. The fourth-order valence-electron chi connectivity index (χ4n) is 1.65. The van der Waals surface area contributed by atoms with E-state index in [9.17, 15) is 4.39 Å². The number of nitrogens with zero attached hydrogens (tertiary/aromatic N) is 1. The van der Waals surface area contributed by atoms with Crippen LogP contribution in [0.15, 0.2) is 41.6 Å². The lowest BCUT2D eigenvalue weighted by molar-refractivity contribution is 0.290. The van der Waals surface area contributed by atoms with Gasteiger partial charge < -0.3 is 15.7 Å². The monoisotopic (exact) mass is 328 g/mol.